The van der Waals surface area contributed by atoms with Gasteiger partial charge < -0.3 is 10.2 Å². The third-order valence-electron chi connectivity index (χ3n) is 5.95. The summed E-state index contributed by atoms with van der Waals surface area (Å²) in [6.45, 7) is 5.41. The van der Waals surface area contributed by atoms with Crippen molar-refractivity contribution in [1.29, 1.82) is 0 Å². The van der Waals surface area contributed by atoms with Crippen molar-refractivity contribution in [1.82, 2.24) is 0 Å². The van der Waals surface area contributed by atoms with Crippen molar-refractivity contribution in [3.63, 3.8) is 0 Å². The van der Waals surface area contributed by atoms with Crippen LogP contribution in [0.15, 0.2) is 18.2 Å². The highest BCUT2D eigenvalue weighted by Crippen LogP contribution is 2.60. The molecule has 1 fully saturated rings. The summed E-state index contributed by atoms with van der Waals surface area (Å²) in [6.07, 6.45) is -3.84. The van der Waals surface area contributed by atoms with E-state index >= 15 is 0 Å². The number of anilines is 2. The number of nitrogens with zero attached hydrogens (tertiary/aromatic N) is 1. The van der Waals surface area contributed by atoms with Crippen LogP contribution in [0.3, 0.4) is 0 Å². The summed E-state index contributed by atoms with van der Waals surface area (Å²) < 4.78 is 40.2. The first-order valence-corrected chi connectivity index (χ1v) is 10.8. The zero-order valence-corrected chi connectivity index (χ0v) is 17.8. The van der Waals surface area contributed by atoms with E-state index in [0.717, 1.165) is 40.7 Å². The molecule has 3 nitrogen and oxygen atoms in total. The van der Waals surface area contributed by atoms with Crippen LogP contribution in [0.1, 0.15) is 40.8 Å². The summed E-state index contributed by atoms with van der Waals surface area (Å²) in [7, 11) is 0. The van der Waals surface area contributed by atoms with Gasteiger partial charge in [-0.3, -0.25) is 4.79 Å². The van der Waals surface area contributed by atoms with E-state index in [1.54, 1.807) is 11.3 Å². The Morgan fingerprint density at radius 1 is 1.24 bits per heavy atom. The van der Waals surface area contributed by atoms with Gasteiger partial charge in [-0.05, 0) is 68.0 Å². The van der Waals surface area contributed by atoms with Crippen molar-refractivity contribution in [3.05, 3.63) is 44.1 Å². The number of aryl methyl sites for hydroxylation is 2. The Bertz CT molecular complexity index is 942. The molecule has 0 radical (unpaired) electrons. The van der Waals surface area contributed by atoms with E-state index in [-0.39, 0.29) is 12.8 Å². The van der Waals surface area contributed by atoms with Crippen LogP contribution in [0.2, 0.25) is 4.34 Å². The lowest BCUT2D eigenvalue weighted by molar-refractivity contribution is -0.189. The maximum absolute atomic E-state index is 13.1. The number of alkyl halides is 3. The summed E-state index contributed by atoms with van der Waals surface area (Å²) >= 11 is 7.73. The Labute approximate surface area is 176 Å². The number of carbonyl (C=O) groups excluding carboxylic acids is 1. The third kappa shape index (κ3) is 3.99. The van der Waals surface area contributed by atoms with Crippen LogP contribution in [0.25, 0.3) is 0 Å². The Hall–Kier alpha value is -1.73. The highest BCUT2D eigenvalue weighted by atomic mass is 35.5. The number of nitrogens with one attached hydrogen (secondary N) is 1. The lowest BCUT2D eigenvalue weighted by atomic mass is 10.0. The number of fused-ring (bicyclic) bond motifs is 1. The molecule has 1 aromatic carbocycles. The first-order chi connectivity index (χ1) is 13.6. The molecule has 1 aromatic heterocycles. The molecule has 4 rings (SSSR count). The third-order valence-corrected chi connectivity index (χ3v) is 7.24. The Balaban J connectivity index is 1.49. The highest BCUT2D eigenvalue weighted by molar-refractivity contribution is 7.16. The van der Waals surface area contributed by atoms with Crippen LogP contribution in [0.4, 0.5) is 24.5 Å². The van der Waals surface area contributed by atoms with Crippen LogP contribution in [0.5, 0.6) is 0 Å². The Morgan fingerprint density at radius 2 is 1.90 bits per heavy atom. The zero-order chi connectivity index (χ0) is 21.0. The van der Waals surface area contributed by atoms with Gasteiger partial charge in [-0.25, -0.2) is 0 Å². The minimum atomic E-state index is -4.32. The van der Waals surface area contributed by atoms with Crippen LogP contribution >= 0.6 is 22.9 Å². The molecular weight excluding hydrogens is 421 g/mol. The molecule has 2 aromatic rings. The van der Waals surface area contributed by atoms with Gasteiger partial charge in [-0.1, -0.05) is 11.6 Å². The van der Waals surface area contributed by atoms with E-state index in [9.17, 15) is 18.0 Å². The second-order valence-corrected chi connectivity index (χ2v) is 9.90. The molecule has 0 unspecified atom stereocenters. The number of hydrogen-bond acceptors (Lipinski definition) is 3. The smallest absolute Gasteiger partial charge is 0.366 e. The topological polar surface area (TPSA) is 32.3 Å². The Morgan fingerprint density at radius 3 is 2.48 bits per heavy atom. The highest BCUT2D eigenvalue weighted by Gasteiger charge is 2.63. The maximum Gasteiger partial charge on any atom is 0.395 e. The molecule has 1 saturated carbocycles. The first-order valence-electron chi connectivity index (χ1n) is 9.58. The monoisotopic (exact) mass is 442 g/mol. The number of rotatable bonds is 4. The molecule has 0 spiro atoms. The molecule has 2 aliphatic rings. The van der Waals surface area contributed by atoms with Crippen LogP contribution in [-0.2, 0) is 17.8 Å². The van der Waals surface area contributed by atoms with Gasteiger partial charge in [-0.2, -0.15) is 13.2 Å². The number of amides is 1. The fraction of sp³-hybridized carbons (Fsp3) is 0.476. The predicted octanol–water partition coefficient (Wildman–Crippen LogP) is 6.25. The van der Waals surface area contributed by atoms with Crippen molar-refractivity contribution in [3.8, 4) is 0 Å². The first kappa shape index (κ1) is 20.5. The number of benzene rings is 1. The molecule has 29 heavy (non-hydrogen) atoms. The molecule has 156 valence electrons. The summed E-state index contributed by atoms with van der Waals surface area (Å²) in [5.41, 5.74) is 2.81. The standard InChI is InChI=1S/C21H22ClF3N2OS/c1-12-7-15(27-6-3-14-9-17(22)29-16(14)11-27)8-13(2)19(12)26-18(28)10-20(4-5-20)21(23,24)25/h7-9H,3-6,10-11H2,1-2H3,(H,26,28). The number of hydrogen-bond donors (Lipinski definition) is 1. The van der Waals surface area contributed by atoms with Gasteiger partial charge >= 0.3 is 6.18 Å². The number of thiophene rings is 1. The van der Waals surface area contributed by atoms with E-state index in [1.165, 1.54) is 10.4 Å². The Kier molecular flexibility index (Phi) is 5.10. The van der Waals surface area contributed by atoms with Crippen molar-refractivity contribution in [2.45, 2.75) is 52.3 Å². The molecule has 8 heteroatoms. The van der Waals surface area contributed by atoms with Gasteiger partial charge in [0.05, 0.1) is 16.3 Å². The van der Waals surface area contributed by atoms with E-state index in [4.69, 9.17) is 11.6 Å². The SMILES string of the molecule is Cc1cc(N2CCc3cc(Cl)sc3C2)cc(C)c1NC(=O)CC1(C(F)(F)F)CC1. The molecule has 0 bridgehead atoms. The van der Waals surface area contributed by atoms with Crippen LogP contribution in [-0.4, -0.2) is 18.6 Å². The number of halogens is 4. The quantitative estimate of drug-likeness (QED) is 0.606. The molecule has 0 saturated heterocycles. The fourth-order valence-electron chi connectivity index (χ4n) is 4.03. The minimum Gasteiger partial charge on any atom is -0.366 e. The van der Waals surface area contributed by atoms with Gasteiger partial charge in [0.25, 0.3) is 0 Å². The molecule has 1 N–H and O–H groups in total. The second kappa shape index (κ2) is 7.20. The predicted molar refractivity (Wildman–Crippen MR) is 111 cm³/mol. The van der Waals surface area contributed by atoms with Crippen molar-refractivity contribution < 1.29 is 18.0 Å². The van der Waals surface area contributed by atoms with E-state index in [0.29, 0.717) is 5.69 Å². The average Bonchev–Trinajstić information content (AvgIpc) is 3.31. The fourth-order valence-corrected chi connectivity index (χ4v) is 5.39. The minimum absolute atomic E-state index is 0.0322. The lowest BCUT2D eigenvalue weighted by Crippen LogP contribution is -2.30. The molecular formula is C21H22ClF3N2OS. The zero-order valence-electron chi connectivity index (χ0n) is 16.3. The largest absolute Gasteiger partial charge is 0.395 e. The summed E-state index contributed by atoms with van der Waals surface area (Å²) in [5, 5.41) is 2.72. The van der Waals surface area contributed by atoms with E-state index in [1.807, 2.05) is 32.0 Å². The maximum atomic E-state index is 13.1. The molecule has 2 heterocycles. The van der Waals surface area contributed by atoms with Crippen LogP contribution in [0, 0.1) is 19.3 Å². The van der Waals surface area contributed by atoms with Gasteiger partial charge in [0.1, 0.15) is 0 Å². The molecule has 0 atom stereocenters. The molecule has 1 aliphatic carbocycles. The summed E-state index contributed by atoms with van der Waals surface area (Å²) in [4.78, 5) is 15.8. The lowest BCUT2D eigenvalue weighted by Gasteiger charge is -2.30. The van der Waals surface area contributed by atoms with Crippen molar-refractivity contribution in [2.75, 3.05) is 16.8 Å². The van der Waals surface area contributed by atoms with Crippen molar-refractivity contribution in [2.24, 2.45) is 5.41 Å². The van der Waals surface area contributed by atoms with Gasteiger partial charge in [0.2, 0.25) is 5.91 Å². The molecule has 1 amide bonds. The summed E-state index contributed by atoms with van der Waals surface area (Å²) in [6, 6.07) is 6.00. The number of carbonyl (C=O) groups is 1. The van der Waals surface area contributed by atoms with Crippen molar-refractivity contribution >= 4 is 40.2 Å². The van der Waals surface area contributed by atoms with Gasteiger partial charge in [0.15, 0.2) is 0 Å². The van der Waals surface area contributed by atoms with E-state index in [2.05, 4.69) is 10.2 Å². The second-order valence-electron chi connectivity index (χ2n) is 8.13. The normalized spacial score (nSPS) is 17.8. The van der Waals surface area contributed by atoms with E-state index < -0.39 is 23.9 Å². The summed E-state index contributed by atoms with van der Waals surface area (Å²) in [5.74, 6) is -0.574. The van der Waals surface area contributed by atoms with Crippen LogP contribution < -0.4 is 10.2 Å². The average molecular weight is 443 g/mol. The van der Waals surface area contributed by atoms with Gasteiger partial charge in [0, 0.05) is 29.2 Å². The molecule has 1 aliphatic heterocycles. The van der Waals surface area contributed by atoms with Gasteiger partial charge in [-0.15, -0.1) is 11.3 Å².